The van der Waals surface area contributed by atoms with E-state index in [0.717, 1.165) is 10.1 Å². The number of nitrogen functional groups attached to an aromatic ring is 1. The zero-order valence-electron chi connectivity index (χ0n) is 10.1. The Labute approximate surface area is 115 Å². The summed E-state index contributed by atoms with van der Waals surface area (Å²) in [7, 11) is 0. The Kier molecular flexibility index (Phi) is 4.15. The van der Waals surface area contributed by atoms with Crippen molar-refractivity contribution in [2.45, 2.75) is 6.36 Å². The molecular weight excluding hydrogens is 295 g/mol. The van der Waals surface area contributed by atoms with Crippen LogP contribution in [0.15, 0.2) is 24.3 Å². The molecule has 0 radical (unpaired) electrons. The van der Waals surface area contributed by atoms with Crippen LogP contribution in [0.25, 0.3) is 10.1 Å². The lowest BCUT2D eigenvalue weighted by Crippen LogP contribution is -2.18. The summed E-state index contributed by atoms with van der Waals surface area (Å²) in [6.45, 7) is -1.19. The van der Waals surface area contributed by atoms with Gasteiger partial charge in [0.1, 0.15) is 11.5 Å². The topological polar surface area (TPSA) is 61.6 Å². The minimum Gasteiger partial charge on any atom is -0.459 e. The molecule has 8 heteroatoms. The molecule has 0 aliphatic carbocycles. The Balaban J connectivity index is 1.94. The van der Waals surface area contributed by atoms with Gasteiger partial charge in [-0.05, 0) is 29.7 Å². The minimum atomic E-state index is -4.72. The number of halogens is 3. The van der Waals surface area contributed by atoms with E-state index in [2.05, 4.69) is 4.74 Å². The van der Waals surface area contributed by atoms with Crippen molar-refractivity contribution in [3.8, 4) is 0 Å². The fourth-order valence-corrected chi connectivity index (χ4v) is 2.46. The molecular formula is C12H10F3NO3S. The molecule has 0 aliphatic heterocycles. The number of anilines is 1. The smallest absolute Gasteiger partial charge is 0.459 e. The molecule has 0 spiro atoms. The maximum atomic E-state index is 11.7. The predicted molar refractivity (Wildman–Crippen MR) is 68.5 cm³/mol. The maximum absolute atomic E-state index is 11.7. The van der Waals surface area contributed by atoms with E-state index >= 15 is 0 Å². The SMILES string of the molecule is Nc1ccc2sc(C(=O)OCCOC(F)(F)F)cc2c1. The van der Waals surface area contributed by atoms with E-state index in [1.54, 1.807) is 24.3 Å². The lowest BCUT2D eigenvalue weighted by atomic mass is 10.2. The van der Waals surface area contributed by atoms with Crippen molar-refractivity contribution in [3.63, 3.8) is 0 Å². The molecule has 2 aromatic rings. The molecule has 0 fully saturated rings. The van der Waals surface area contributed by atoms with Crippen LogP contribution >= 0.6 is 11.3 Å². The van der Waals surface area contributed by atoms with Crippen molar-refractivity contribution >= 4 is 33.1 Å². The van der Waals surface area contributed by atoms with Crippen LogP contribution in [-0.2, 0) is 9.47 Å². The highest BCUT2D eigenvalue weighted by molar-refractivity contribution is 7.20. The van der Waals surface area contributed by atoms with E-state index in [-0.39, 0.29) is 0 Å². The van der Waals surface area contributed by atoms with E-state index in [0.29, 0.717) is 10.6 Å². The summed E-state index contributed by atoms with van der Waals surface area (Å²) in [5.74, 6) is -0.685. The van der Waals surface area contributed by atoms with Gasteiger partial charge < -0.3 is 10.5 Å². The first-order valence-corrected chi connectivity index (χ1v) is 6.34. The summed E-state index contributed by atoms with van der Waals surface area (Å²) in [5.41, 5.74) is 6.18. The second-order valence-electron chi connectivity index (χ2n) is 3.84. The van der Waals surface area contributed by atoms with Crippen molar-refractivity contribution in [2.24, 2.45) is 0 Å². The van der Waals surface area contributed by atoms with Crippen LogP contribution in [0.4, 0.5) is 18.9 Å². The normalized spacial score (nSPS) is 11.8. The Bertz CT molecular complexity index is 624. The highest BCUT2D eigenvalue weighted by atomic mass is 32.1. The van der Waals surface area contributed by atoms with Gasteiger partial charge in [0.25, 0.3) is 0 Å². The van der Waals surface area contributed by atoms with Crippen LogP contribution in [0.3, 0.4) is 0 Å². The Morgan fingerprint density at radius 3 is 2.70 bits per heavy atom. The fourth-order valence-electron chi connectivity index (χ4n) is 1.53. The van der Waals surface area contributed by atoms with Gasteiger partial charge in [0.15, 0.2) is 0 Å². The predicted octanol–water partition coefficient (Wildman–Crippen LogP) is 3.18. The zero-order chi connectivity index (χ0) is 14.8. The zero-order valence-corrected chi connectivity index (χ0v) is 10.9. The lowest BCUT2D eigenvalue weighted by Gasteiger charge is -2.07. The first kappa shape index (κ1) is 14.6. The number of fused-ring (bicyclic) bond motifs is 1. The number of hydrogen-bond acceptors (Lipinski definition) is 5. The molecule has 0 saturated heterocycles. The number of carbonyl (C=O) groups excluding carboxylic acids is 1. The molecule has 2 N–H and O–H groups in total. The molecule has 0 atom stereocenters. The number of thiophene rings is 1. The van der Waals surface area contributed by atoms with Crippen molar-refractivity contribution in [3.05, 3.63) is 29.1 Å². The quantitative estimate of drug-likeness (QED) is 0.535. The van der Waals surface area contributed by atoms with E-state index in [9.17, 15) is 18.0 Å². The van der Waals surface area contributed by atoms with Crippen LogP contribution < -0.4 is 5.73 Å². The van der Waals surface area contributed by atoms with Crippen LogP contribution in [0.1, 0.15) is 9.67 Å². The average molecular weight is 305 g/mol. The number of rotatable bonds is 4. The molecule has 0 aliphatic rings. The molecule has 0 amide bonds. The van der Waals surface area contributed by atoms with E-state index < -0.39 is 25.5 Å². The van der Waals surface area contributed by atoms with Gasteiger partial charge in [-0.25, -0.2) is 4.79 Å². The lowest BCUT2D eigenvalue weighted by molar-refractivity contribution is -0.326. The Hall–Kier alpha value is -1.80. The van der Waals surface area contributed by atoms with E-state index in [1.807, 2.05) is 0 Å². The Morgan fingerprint density at radius 1 is 1.25 bits per heavy atom. The summed E-state index contributed by atoms with van der Waals surface area (Å²) >= 11 is 1.18. The largest absolute Gasteiger partial charge is 0.522 e. The Morgan fingerprint density at radius 2 is 2.00 bits per heavy atom. The molecule has 1 aromatic heterocycles. The number of alkyl halides is 3. The van der Waals surface area contributed by atoms with Crippen LogP contribution in [-0.4, -0.2) is 25.5 Å². The van der Waals surface area contributed by atoms with Crippen LogP contribution in [0.5, 0.6) is 0 Å². The third-order valence-electron chi connectivity index (χ3n) is 2.32. The van der Waals surface area contributed by atoms with E-state index in [1.165, 1.54) is 11.3 Å². The standard InChI is InChI=1S/C12H10F3NO3S/c13-12(14,15)19-4-3-18-11(17)10-6-7-5-8(16)1-2-9(7)20-10/h1-2,5-6H,3-4,16H2. The first-order chi connectivity index (χ1) is 9.35. The summed E-state index contributed by atoms with van der Waals surface area (Å²) in [6.07, 6.45) is -4.72. The second kappa shape index (κ2) is 5.68. The third-order valence-corrected chi connectivity index (χ3v) is 3.42. The molecule has 1 aromatic carbocycles. The number of carbonyl (C=O) groups is 1. The summed E-state index contributed by atoms with van der Waals surface area (Å²) in [4.78, 5) is 11.9. The first-order valence-electron chi connectivity index (χ1n) is 5.52. The number of hydrogen-bond donors (Lipinski definition) is 1. The molecule has 20 heavy (non-hydrogen) atoms. The summed E-state index contributed by atoms with van der Waals surface area (Å²) < 4.78 is 44.2. The fraction of sp³-hybridized carbons (Fsp3) is 0.250. The number of esters is 1. The summed E-state index contributed by atoms with van der Waals surface area (Å²) in [6, 6.07) is 6.75. The van der Waals surface area contributed by atoms with Gasteiger partial charge in [-0.1, -0.05) is 0 Å². The molecule has 0 bridgehead atoms. The van der Waals surface area contributed by atoms with Gasteiger partial charge >= 0.3 is 12.3 Å². The number of benzene rings is 1. The minimum absolute atomic E-state index is 0.303. The van der Waals surface area contributed by atoms with Gasteiger partial charge in [-0.15, -0.1) is 24.5 Å². The van der Waals surface area contributed by atoms with Crippen molar-refractivity contribution in [1.29, 1.82) is 0 Å². The molecule has 1 heterocycles. The summed E-state index contributed by atoms with van der Waals surface area (Å²) in [5, 5.41) is 0.786. The highest BCUT2D eigenvalue weighted by Gasteiger charge is 2.28. The van der Waals surface area contributed by atoms with Crippen LogP contribution in [0, 0.1) is 0 Å². The van der Waals surface area contributed by atoms with Crippen LogP contribution in [0.2, 0.25) is 0 Å². The average Bonchev–Trinajstić information content (AvgIpc) is 2.76. The van der Waals surface area contributed by atoms with Gasteiger partial charge in [0, 0.05) is 10.4 Å². The second-order valence-corrected chi connectivity index (χ2v) is 4.92. The molecule has 0 unspecified atom stereocenters. The molecule has 4 nitrogen and oxygen atoms in total. The van der Waals surface area contributed by atoms with Gasteiger partial charge in [-0.3, -0.25) is 4.74 Å². The van der Waals surface area contributed by atoms with E-state index in [4.69, 9.17) is 10.5 Å². The van der Waals surface area contributed by atoms with Crippen molar-refractivity contribution in [2.75, 3.05) is 18.9 Å². The third kappa shape index (κ3) is 3.84. The number of ether oxygens (including phenoxy) is 2. The van der Waals surface area contributed by atoms with Gasteiger partial charge in [0.2, 0.25) is 0 Å². The van der Waals surface area contributed by atoms with Crippen molar-refractivity contribution < 1.29 is 27.4 Å². The number of nitrogens with two attached hydrogens (primary N) is 1. The van der Waals surface area contributed by atoms with Gasteiger partial charge in [-0.2, -0.15) is 0 Å². The van der Waals surface area contributed by atoms with Crippen molar-refractivity contribution in [1.82, 2.24) is 0 Å². The maximum Gasteiger partial charge on any atom is 0.522 e. The molecule has 108 valence electrons. The molecule has 2 rings (SSSR count). The molecule has 0 saturated carbocycles. The highest BCUT2D eigenvalue weighted by Crippen LogP contribution is 2.27. The van der Waals surface area contributed by atoms with Gasteiger partial charge in [0.05, 0.1) is 6.61 Å². The monoisotopic (exact) mass is 305 g/mol.